The maximum atomic E-state index is 13.1. The Morgan fingerprint density at radius 1 is 1.20 bits per heavy atom. The van der Waals surface area contributed by atoms with Gasteiger partial charge >= 0.3 is 6.18 Å². The van der Waals surface area contributed by atoms with Crippen molar-refractivity contribution in [3.8, 4) is 0 Å². The van der Waals surface area contributed by atoms with Crippen molar-refractivity contribution < 1.29 is 18.3 Å². The molecule has 2 heterocycles. The smallest absolute Gasteiger partial charge is 0.385 e. The summed E-state index contributed by atoms with van der Waals surface area (Å²) in [5.41, 5.74) is -2.01. The molecule has 2 aliphatic rings. The molecule has 1 aromatic carbocycles. The van der Waals surface area contributed by atoms with Crippen molar-refractivity contribution in [2.75, 3.05) is 13.1 Å². The molecule has 1 aromatic rings. The number of hydrogen-bond donors (Lipinski definition) is 1. The largest absolute Gasteiger partial charge is 0.416 e. The van der Waals surface area contributed by atoms with E-state index in [1.807, 2.05) is 0 Å². The fourth-order valence-electron chi connectivity index (χ4n) is 3.62. The number of aliphatic hydroxyl groups is 1. The molecule has 0 saturated carbocycles. The lowest BCUT2D eigenvalue weighted by Crippen LogP contribution is -2.46. The maximum absolute atomic E-state index is 13.1. The molecule has 0 bridgehead atoms. The highest BCUT2D eigenvalue weighted by molar-refractivity contribution is 5.35. The molecule has 0 spiro atoms. The van der Waals surface area contributed by atoms with Gasteiger partial charge in [-0.05, 0) is 43.9 Å². The molecular formula is C15H18F3NO. The van der Waals surface area contributed by atoms with E-state index in [0.717, 1.165) is 25.5 Å². The summed E-state index contributed by atoms with van der Waals surface area (Å²) in [6, 6.07) is 5.65. The highest BCUT2D eigenvalue weighted by atomic mass is 19.4. The topological polar surface area (TPSA) is 23.5 Å². The maximum Gasteiger partial charge on any atom is 0.416 e. The summed E-state index contributed by atoms with van der Waals surface area (Å²) >= 11 is 0. The van der Waals surface area contributed by atoms with Crippen molar-refractivity contribution in [2.45, 2.75) is 43.5 Å². The van der Waals surface area contributed by atoms with Gasteiger partial charge in [-0.1, -0.05) is 18.2 Å². The van der Waals surface area contributed by atoms with E-state index < -0.39 is 17.3 Å². The zero-order valence-corrected chi connectivity index (χ0v) is 11.2. The van der Waals surface area contributed by atoms with Gasteiger partial charge in [0.25, 0.3) is 0 Å². The molecule has 2 unspecified atom stereocenters. The monoisotopic (exact) mass is 285 g/mol. The molecule has 2 atom stereocenters. The third-order valence-electron chi connectivity index (χ3n) is 4.62. The fourth-order valence-corrected chi connectivity index (χ4v) is 3.62. The number of nitrogens with zero attached hydrogens (tertiary/aromatic N) is 1. The normalized spacial score (nSPS) is 31.3. The first-order valence-electron chi connectivity index (χ1n) is 7.03. The van der Waals surface area contributed by atoms with Crippen molar-refractivity contribution in [1.82, 2.24) is 4.90 Å². The fraction of sp³-hybridized carbons (Fsp3) is 0.600. The first-order chi connectivity index (χ1) is 9.40. The van der Waals surface area contributed by atoms with Crippen LogP contribution in [0.15, 0.2) is 24.3 Å². The highest BCUT2D eigenvalue weighted by Gasteiger charge is 2.45. The molecule has 0 amide bonds. The quantitative estimate of drug-likeness (QED) is 0.857. The number of alkyl halides is 3. The van der Waals surface area contributed by atoms with E-state index in [2.05, 4.69) is 4.90 Å². The Morgan fingerprint density at radius 3 is 2.70 bits per heavy atom. The Labute approximate surface area is 116 Å². The average Bonchev–Trinajstić information content (AvgIpc) is 2.85. The van der Waals surface area contributed by atoms with Gasteiger partial charge in [0.15, 0.2) is 0 Å². The zero-order valence-electron chi connectivity index (χ0n) is 11.2. The van der Waals surface area contributed by atoms with Gasteiger partial charge in [-0.3, -0.25) is 0 Å². The van der Waals surface area contributed by atoms with Crippen molar-refractivity contribution in [1.29, 1.82) is 0 Å². The molecule has 0 aromatic heterocycles. The van der Waals surface area contributed by atoms with E-state index in [9.17, 15) is 18.3 Å². The average molecular weight is 285 g/mol. The number of piperidine rings is 1. The second kappa shape index (κ2) is 4.74. The summed E-state index contributed by atoms with van der Waals surface area (Å²) < 4.78 is 39.4. The Bertz CT molecular complexity index is 502. The van der Waals surface area contributed by atoms with Gasteiger partial charge in [0.1, 0.15) is 0 Å². The molecule has 3 rings (SSSR count). The standard InChI is InChI=1S/C15H18F3NO/c16-15(17,18)13-6-2-1-5-12(13)14(20)7-9-19-8-3-4-11(19)10-14/h1-2,5-6,11,20H,3-4,7-10H2. The van der Waals surface area contributed by atoms with Gasteiger partial charge in [0.05, 0.1) is 11.2 Å². The van der Waals surface area contributed by atoms with Crippen LogP contribution in [0.1, 0.15) is 36.8 Å². The Hall–Kier alpha value is -1.07. The second-order valence-corrected chi connectivity index (χ2v) is 5.86. The summed E-state index contributed by atoms with van der Waals surface area (Å²) in [6.45, 7) is 1.68. The number of hydrogen-bond acceptors (Lipinski definition) is 2. The van der Waals surface area contributed by atoms with E-state index in [0.29, 0.717) is 19.4 Å². The lowest BCUT2D eigenvalue weighted by atomic mass is 9.79. The number of fused-ring (bicyclic) bond motifs is 1. The van der Waals surface area contributed by atoms with E-state index in [4.69, 9.17) is 0 Å². The van der Waals surface area contributed by atoms with Gasteiger partial charge < -0.3 is 10.0 Å². The predicted molar refractivity (Wildman–Crippen MR) is 69.2 cm³/mol. The van der Waals surface area contributed by atoms with Crippen LogP contribution in [0.3, 0.4) is 0 Å². The van der Waals surface area contributed by atoms with E-state index in [-0.39, 0.29) is 11.6 Å². The van der Waals surface area contributed by atoms with Crippen LogP contribution in [0.25, 0.3) is 0 Å². The Morgan fingerprint density at radius 2 is 1.95 bits per heavy atom. The summed E-state index contributed by atoms with van der Waals surface area (Å²) in [5, 5.41) is 10.8. The lowest BCUT2D eigenvalue weighted by Gasteiger charge is -2.42. The second-order valence-electron chi connectivity index (χ2n) is 5.86. The number of halogens is 3. The molecule has 2 saturated heterocycles. The van der Waals surface area contributed by atoms with Crippen molar-refractivity contribution in [2.24, 2.45) is 0 Å². The van der Waals surface area contributed by atoms with Crippen LogP contribution in [-0.4, -0.2) is 29.1 Å². The van der Waals surface area contributed by atoms with Gasteiger partial charge in [0.2, 0.25) is 0 Å². The predicted octanol–water partition coefficient (Wildman–Crippen LogP) is 3.15. The highest BCUT2D eigenvalue weighted by Crippen LogP contribution is 2.44. The first-order valence-corrected chi connectivity index (χ1v) is 7.03. The van der Waals surface area contributed by atoms with Gasteiger partial charge in [-0.25, -0.2) is 0 Å². The molecule has 2 aliphatic heterocycles. The van der Waals surface area contributed by atoms with Gasteiger partial charge in [-0.2, -0.15) is 13.2 Å². The minimum absolute atomic E-state index is 0.0408. The first kappa shape index (κ1) is 13.9. The Balaban J connectivity index is 1.96. The van der Waals surface area contributed by atoms with Crippen LogP contribution >= 0.6 is 0 Å². The third kappa shape index (κ3) is 2.33. The Kier molecular flexibility index (Phi) is 3.29. The summed E-state index contributed by atoms with van der Waals surface area (Å²) in [4.78, 5) is 2.28. The molecule has 20 heavy (non-hydrogen) atoms. The molecule has 0 aliphatic carbocycles. The number of benzene rings is 1. The lowest BCUT2D eigenvalue weighted by molar-refractivity contribution is -0.142. The molecule has 0 radical (unpaired) electrons. The van der Waals surface area contributed by atoms with E-state index in [1.54, 1.807) is 6.07 Å². The van der Waals surface area contributed by atoms with Gasteiger partial charge in [-0.15, -0.1) is 0 Å². The van der Waals surface area contributed by atoms with Crippen molar-refractivity contribution >= 4 is 0 Å². The SMILES string of the molecule is OC1(c2ccccc2C(F)(F)F)CCN2CCCC2C1. The summed E-state index contributed by atoms with van der Waals surface area (Å²) in [7, 11) is 0. The minimum Gasteiger partial charge on any atom is -0.385 e. The number of rotatable bonds is 1. The molecule has 110 valence electrons. The van der Waals surface area contributed by atoms with Crippen LogP contribution in [0.5, 0.6) is 0 Å². The van der Waals surface area contributed by atoms with Crippen molar-refractivity contribution in [3.05, 3.63) is 35.4 Å². The minimum atomic E-state index is -4.42. The van der Waals surface area contributed by atoms with Gasteiger partial charge in [0, 0.05) is 12.6 Å². The van der Waals surface area contributed by atoms with Crippen LogP contribution in [0.2, 0.25) is 0 Å². The van der Waals surface area contributed by atoms with Crippen LogP contribution in [0, 0.1) is 0 Å². The van der Waals surface area contributed by atoms with E-state index in [1.165, 1.54) is 12.1 Å². The zero-order chi connectivity index (χ0) is 14.4. The van der Waals surface area contributed by atoms with Crippen LogP contribution in [0.4, 0.5) is 13.2 Å². The van der Waals surface area contributed by atoms with Crippen LogP contribution < -0.4 is 0 Å². The van der Waals surface area contributed by atoms with Crippen LogP contribution in [-0.2, 0) is 11.8 Å². The summed E-state index contributed by atoms with van der Waals surface area (Å²) in [5.74, 6) is 0. The molecule has 2 nitrogen and oxygen atoms in total. The molecular weight excluding hydrogens is 267 g/mol. The van der Waals surface area contributed by atoms with E-state index >= 15 is 0 Å². The summed E-state index contributed by atoms with van der Waals surface area (Å²) in [6.07, 6.45) is -1.60. The molecule has 1 N–H and O–H groups in total. The molecule has 5 heteroatoms. The third-order valence-corrected chi connectivity index (χ3v) is 4.62. The van der Waals surface area contributed by atoms with Crippen molar-refractivity contribution in [3.63, 3.8) is 0 Å². The molecule has 2 fully saturated rings.